The van der Waals surface area contributed by atoms with Gasteiger partial charge in [0.2, 0.25) is 5.75 Å². The molecule has 4 heteroatoms. The van der Waals surface area contributed by atoms with Crippen molar-refractivity contribution in [3.8, 4) is 17.2 Å². The number of phenolic OH excluding ortho intramolecular Hbond substituents is 1. The number of rotatable bonds is 7. The average molecular weight is 300 g/mol. The Morgan fingerprint density at radius 2 is 1.91 bits per heavy atom. The molecule has 22 heavy (non-hydrogen) atoms. The highest BCUT2D eigenvalue weighted by atomic mass is 16.5. The molecule has 0 aromatic heterocycles. The van der Waals surface area contributed by atoms with E-state index < -0.39 is 0 Å². The van der Waals surface area contributed by atoms with E-state index in [0.29, 0.717) is 18.3 Å². The Balaban J connectivity index is 2.07. The van der Waals surface area contributed by atoms with Gasteiger partial charge in [-0.2, -0.15) is 0 Å². The summed E-state index contributed by atoms with van der Waals surface area (Å²) in [5, 5.41) is 9.68. The summed E-state index contributed by atoms with van der Waals surface area (Å²) in [6, 6.07) is 12.9. The number of hydrogen-bond donors (Lipinski definition) is 1. The van der Waals surface area contributed by atoms with Crippen molar-refractivity contribution in [1.29, 1.82) is 0 Å². The monoisotopic (exact) mass is 300 g/mol. The van der Waals surface area contributed by atoms with E-state index in [9.17, 15) is 9.90 Å². The zero-order chi connectivity index (χ0) is 15.9. The van der Waals surface area contributed by atoms with Crippen LogP contribution in [0.1, 0.15) is 37.3 Å². The zero-order valence-electron chi connectivity index (χ0n) is 12.8. The predicted molar refractivity (Wildman–Crippen MR) is 84.3 cm³/mol. The first-order valence-corrected chi connectivity index (χ1v) is 7.29. The van der Waals surface area contributed by atoms with Crippen molar-refractivity contribution >= 4 is 6.47 Å². The SMILES string of the molecule is CCC(C)c1ccc(COc2cccc(O)c2OC=O)cc1. The molecule has 0 aliphatic rings. The molecular weight excluding hydrogens is 280 g/mol. The number of phenols is 1. The summed E-state index contributed by atoms with van der Waals surface area (Å²) in [4.78, 5) is 10.5. The molecule has 2 aromatic rings. The largest absolute Gasteiger partial charge is 0.504 e. The van der Waals surface area contributed by atoms with Crippen LogP contribution in [-0.2, 0) is 11.4 Å². The van der Waals surface area contributed by atoms with Crippen molar-refractivity contribution in [2.24, 2.45) is 0 Å². The number of hydrogen-bond acceptors (Lipinski definition) is 4. The molecule has 1 atom stereocenters. The first kappa shape index (κ1) is 15.9. The fourth-order valence-corrected chi connectivity index (χ4v) is 2.12. The van der Waals surface area contributed by atoms with E-state index in [1.165, 1.54) is 11.6 Å². The Kier molecular flexibility index (Phi) is 5.42. The standard InChI is InChI=1S/C18H20O4/c1-3-13(2)15-9-7-14(8-10-15)11-21-17-6-4-5-16(20)18(17)22-12-19/h4-10,12-13,20H,3,11H2,1-2H3. The van der Waals surface area contributed by atoms with Crippen LogP contribution in [0, 0.1) is 0 Å². The van der Waals surface area contributed by atoms with Crippen molar-refractivity contribution in [2.45, 2.75) is 32.8 Å². The van der Waals surface area contributed by atoms with Crippen molar-refractivity contribution < 1.29 is 19.4 Å². The maximum Gasteiger partial charge on any atom is 0.298 e. The van der Waals surface area contributed by atoms with Gasteiger partial charge in [0.25, 0.3) is 6.47 Å². The molecule has 0 saturated heterocycles. The van der Waals surface area contributed by atoms with Gasteiger partial charge in [-0.1, -0.05) is 44.2 Å². The molecule has 2 rings (SSSR count). The van der Waals surface area contributed by atoms with Gasteiger partial charge in [-0.25, -0.2) is 0 Å². The number of para-hydroxylation sites is 1. The van der Waals surface area contributed by atoms with E-state index >= 15 is 0 Å². The number of carbonyl (C=O) groups excluding carboxylic acids is 1. The van der Waals surface area contributed by atoms with E-state index in [-0.39, 0.29) is 18.0 Å². The second-order valence-electron chi connectivity index (χ2n) is 5.16. The summed E-state index contributed by atoms with van der Waals surface area (Å²) in [7, 11) is 0. The van der Waals surface area contributed by atoms with Gasteiger partial charge in [0, 0.05) is 0 Å². The van der Waals surface area contributed by atoms with Gasteiger partial charge in [0.15, 0.2) is 11.5 Å². The normalized spacial score (nSPS) is 11.7. The van der Waals surface area contributed by atoms with Crippen molar-refractivity contribution in [2.75, 3.05) is 0 Å². The van der Waals surface area contributed by atoms with Crippen LogP contribution in [0.15, 0.2) is 42.5 Å². The van der Waals surface area contributed by atoms with E-state index in [2.05, 4.69) is 26.0 Å². The maximum atomic E-state index is 10.5. The van der Waals surface area contributed by atoms with Crippen molar-refractivity contribution in [3.63, 3.8) is 0 Å². The number of carbonyl (C=O) groups is 1. The van der Waals surface area contributed by atoms with Gasteiger partial charge in [0.05, 0.1) is 0 Å². The Morgan fingerprint density at radius 3 is 2.55 bits per heavy atom. The van der Waals surface area contributed by atoms with Crippen LogP contribution in [0.3, 0.4) is 0 Å². The Morgan fingerprint density at radius 1 is 1.18 bits per heavy atom. The predicted octanol–water partition coefficient (Wildman–Crippen LogP) is 4.02. The molecule has 2 aromatic carbocycles. The molecule has 0 heterocycles. The third-order valence-corrected chi connectivity index (χ3v) is 3.68. The van der Waals surface area contributed by atoms with Gasteiger partial charge < -0.3 is 14.6 Å². The van der Waals surface area contributed by atoms with Gasteiger partial charge in [-0.3, -0.25) is 4.79 Å². The van der Waals surface area contributed by atoms with Crippen LogP contribution in [0.4, 0.5) is 0 Å². The first-order chi connectivity index (χ1) is 10.7. The van der Waals surface area contributed by atoms with Crippen molar-refractivity contribution in [1.82, 2.24) is 0 Å². The molecule has 0 radical (unpaired) electrons. The molecule has 0 saturated carbocycles. The smallest absolute Gasteiger partial charge is 0.298 e. The third kappa shape index (κ3) is 3.79. The zero-order valence-corrected chi connectivity index (χ0v) is 12.8. The molecular formula is C18H20O4. The van der Waals surface area contributed by atoms with Crippen LogP contribution in [-0.4, -0.2) is 11.6 Å². The third-order valence-electron chi connectivity index (χ3n) is 3.68. The minimum Gasteiger partial charge on any atom is -0.504 e. The lowest BCUT2D eigenvalue weighted by molar-refractivity contribution is -0.120. The fourth-order valence-electron chi connectivity index (χ4n) is 2.12. The lowest BCUT2D eigenvalue weighted by Gasteiger charge is -2.12. The lowest BCUT2D eigenvalue weighted by Crippen LogP contribution is -1.99. The van der Waals surface area contributed by atoms with Crippen LogP contribution in [0.5, 0.6) is 17.2 Å². The quantitative estimate of drug-likeness (QED) is 0.785. The molecule has 1 N–H and O–H groups in total. The lowest BCUT2D eigenvalue weighted by atomic mass is 9.98. The fraction of sp³-hybridized carbons (Fsp3) is 0.278. The van der Waals surface area contributed by atoms with Gasteiger partial charge in [0.1, 0.15) is 6.61 Å². The molecule has 0 bridgehead atoms. The molecule has 1 unspecified atom stereocenters. The Labute approximate surface area is 130 Å². The first-order valence-electron chi connectivity index (χ1n) is 7.29. The molecule has 0 fully saturated rings. The number of ether oxygens (including phenoxy) is 2. The summed E-state index contributed by atoms with van der Waals surface area (Å²) in [6.45, 7) is 4.96. The van der Waals surface area contributed by atoms with Crippen LogP contribution in [0.25, 0.3) is 0 Å². The maximum absolute atomic E-state index is 10.5. The molecule has 4 nitrogen and oxygen atoms in total. The summed E-state index contributed by atoms with van der Waals surface area (Å²) >= 11 is 0. The summed E-state index contributed by atoms with van der Waals surface area (Å²) in [6.07, 6.45) is 1.10. The number of aromatic hydroxyl groups is 1. The topological polar surface area (TPSA) is 55.8 Å². The molecule has 116 valence electrons. The molecule has 0 spiro atoms. The highest BCUT2D eigenvalue weighted by Crippen LogP contribution is 2.36. The molecule has 0 aliphatic carbocycles. The van der Waals surface area contributed by atoms with Gasteiger partial charge in [-0.15, -0.1) is 0 Å². The van der Waals surface area contributed by atoms with E-state index in [0.717, 1.165) is 12.0 Å². The highest BCUT2D eigenvalue weighted by molar-refractivity contribution is 5.57. The van der Waals surface area contributed by atoms with Crippen LogP contribution in [0.2, 0.25) is 0 Å². The highest BCUT2D eigenvalue weighted by Gasteiger charge is 2.11. The Hall–Kier alpha value is -2.49. The van der Waals surface area contributed by atoms with Crippen LogP contribution < -0.4 is 9.47 Å². The van der Waals surface area contributed by atoms with E-state index in [1.54, 1.807) is 12.1 Å². The molecule has 0 amide bonds. The van der Waals surface area contributed by atoms with Gasteiger partial charge >= 0.3 is 0 Å². The number of benzene rings is 2. The summed E-state index contributed by atoms with van der Waals surface area (Å²) in [5.74, 6) is 0.775. The summed E-state index contributed by atoms with van der Waals surface area (Å²) in [5.41, 5.74) is 2.31. The molecule has 0 aliphatic heterocycles. The van der Waals surface area contributed by atoms with E-state index in [1.807, 2.05) is 12.1 Å². The van der Waals surface area contributed by atoms with Gasteiger partial charge in [-0.05, 0) is 35.6 Å². The van der Waals surface area contributed by atoms with Crippen LogP contribution >= 0.6 is 0 Å². The minimum atomic E-state index is -0.128. The Bertz CT molecular complexity index is 619. The minimum absolute atomic E-state index is 0.0359. The van der Waals surface area contributed by atoms with E-state index in [4.69, 9.17) is 9.47 Å². The second-order valence-corrected chi connectivity index (χ2v) is 5.16. The summed E-state index contributed by atoms with van der Waals surface area (Å²) < 4.78 is 10.4. The second kappa shape index (κ2) is 7.50. The van der Waals surface area contributed by atoms with Crippen molar-refractivity contribution in [3.05, 3.63) is 53.6 Å². The average Bonchev–Trinajstić information content (AvgIpc) is 2.55.